The molecular weight excluding hydrogens is 422 g/mol. The van der Waals surface area contributed by atoms with Gasteiger partial charge in [-0.3, -0.25) is 14.3 Å². The Bertz CT molecular complexity index is 949. The van der Waals surface area contributed by atoms with Crippen molar-refractivity contribution in [3.05, 3.63) is 17.0 Å². The molecule has 31 heavy (non-hydrogen) atoms. The van der Waals surface area contributed by atoms with E-state index < -0.39 is 21.7 Å². The molecule has 1 spiro atoms. The molecule has 1 atom stereocenters. The number of nitrogens with one attached hydrogen (secondary N) is 1. The van der Waals surface area contributed by atoms with Crippen LogP contribution >= 0.6 is 0 Å². The van der Waals surface area contributed by atoms with Crippen molar-refractivity contribution in [3.8, 4) is 0 Å². The predicted octanol–water partition coefficient (Wildman–Crippen LogP) is 0.896. The number of rotatable bonds is 6. The first kappa shape index (κ1) is 22.3. The lowest BCUT2D eigenvalue weighted by Gasteiger charge is -2.36. The lowest BCUT2D eigenvalue weighted by Crippen LogP contribution is -2.40. The Kier molecular flexibility index (Phi) is 6.39. The molecule has 4 heterocycles. The number of nitrogens with zero attached hydrogens (tertiary/aromatic N) is 2. The van der Waals surface area contributed by atoms with Crippen LogP contribution in [-0.2, 0) is 43.5 Å². The smallest absolute Gasteiger partial charge is 0.309 e. The average molecular weight is 454 g/mol. The van der Waals surface area contributed by atoms with Gasteiger partial charge in [0.1, 0.15) is 0 Å². The minimum absolute atomic E-state index is 0.0115. The van der Waals surface area contributed by atoms with Crippen molar-refractivity contribution in [1.29, 1.82) is 0 Å². The fraction of sp³-hybridized carbons (Fsp3) is 0.762. The van der Waals surface area contributed by atoms with Crippen LogP contribution in [0.4, 0.5) is 0 Å². The van der Waals surface area contributed by atoms with Crippen LogP contribution in [-0.4, -0.2) is 67.9 Å². The van der Waals surface area contributed by atoms with Gasteiger partial charge < -0.3 is 14.8 Å². The van der Waals surface area contributed by atoms with Gasteiger partial charge in [0.05, 0.1) is 41.0 Å². The van der Waals surface area contributed by atoms with Gasteiger partial charge in [-0.15, -0.1) is 0 Å². The highest BCUT2D eigenvalue weighted by Gasteiger charge is 2.39. The summed E-state index contributed by atoms with van der Waals surface area (Å²) in [6.45, 7) is 4.79. The molecule has 1 unspecified atom stereocenters. The molecule has 3 aliphatic rings. The summed E-state index contributed by atoms with van der Waals surface area (Å²) in [6, 6.07) is 0. The van der Waals surface area contributed by atoms with E-state index in [1.54, 1.807) is 0 Å². The summed E-state index contributed by atoms with van der Waals surface area (Å²) in [5.74, 6) is -1.10. The number of sulfone groups is 1. The first-order valence-electron chi connectivity index (χ1n) is 11.1. The van der Waals surface area contributed by atoms with E-state index >= 15 is 0 Å². The van der Waals surface area contributed by atoms with Gasteiger partial charge in [0.2, 0.25) is 0 Å². The van der Waals surface area contributed by atoms with Crippen LogP contribution in [0.1, 0.15) is 54.4 Å². The molecule has 9 nitrogen and oxygen atoms in total. The van der Waals surface area contributed by atoms with Crippen molar-refractivity contribution in [2.45, 2.75) is 52.0 Å². The number of aryl methyl sites for hydroxylation is 2. The van der Waals surface area contributed by atoms with Crippen LogP contribution in [0.5, 0.6) is 0 Å². The Morgan fingerprint density at radius 2 is 2.13 bits per heavy atom. The van der Waals surface area contributed by atoms with Gasteiger partial charge in [-0.25, -0.2) is 8.42 Å². The van der Waals surface area contributed by atoms with Crippen LogP contribution in [0.2, 0.25) is 0 Å². The van der Waals surface area contributed by atoms with Crippen molar-refractivity contribution in [2.75, 3.05) is 37.9 Å². The highest BCUT2D eigenvalue weighted by molar-refractivity contribution is 7.91. The number of esters is 1. The van der Waals surface area contributed by atoms with Crippen molar-refractivity contribution >= 4 is 21.7 Å². The van der Waals surface area contributed by atoms with Gasteiger partial charge in [-0.2, -0.15) is 5.10 Å². The molecule has 0 aliphatic carbocycles. The number of carbonyl (C=O) groups excluding carboxylic acids is 2. The van der Waals surface area contributed by atoms with Crippen LogP contribution in [0, 0.1) is 11.3 Å². The van der Waals surface area contributed by atoms with Gasteiger partial charge in [-0.05, 0) is 37.5 Å². The van der Waals surface area contributed by atoms with Crippen molar-refractivity contribution in [1.82, 2.24) is 15.1 Å². The van der Waals surface area contributed by atoms with Crippen molar-refractivity contribution in [3.63, 3.8) is 0 Å². The molecule has 1 aromatic heterocycles. The Balaban J connectivity index is 1.42. The van der Waals surface area contributed by atoms with Gasteiger partial charge in [0.25, 0.3) is 5.91 Å². The molecule has 4 rings (SSSR count). The largest absolute Gasteiger partial charge is 0.465 e. The molecule has 1 amide bonds. The fourth-order valence-electron chi connectivity index (χ4n) is 4.84. The molecule has 1 aromatic rings. The zero-order chi connectivity index (χ0) is 22.1. The number of fused-ring (bicyclic) bond motifs is 1. The molecule has 0 radical (unpaired) electrons. The maximum atomic E-state index is 12.8. The first-order chi connectivity index (χ1) is 14.8. The lowest BCUT2D eigenvalue weighted by molar-refractivity contribution is -0.147. The molecule has 1 N–H and O–H groups in total. The SMILES string of the molecule is CCc1nn(CCCOC(=O)C2CCS(=O)(=O)C2)c2c1C(=O)NCC1(CCOCC1)C2. The monoisotopic (exact) mass is 453 g/mol. The number of carbonyl (C=O) groups is 2. The third-order valence-electron chi connectivity index (χ3n) is 6.74. The third-order valence-corrected chi connectivity index (χ3v) is 8.50. The minimum atomic E-state index is -3.11. The summed E-state index contributed by atoms with van der Waals surface area (Å²) >= 11 is 0. The summed E-state index contributed by atoms with van der Waals surface area (Å²) < 4.78 is 35.9. The van der Waals surface area contributed by atoms with Gasteiger partial charge >= 0.3 is 5.97 Å². The highest BCUT2D eigenvalue weighted by Crippen LogP contribution is 2.37. The van der Waals surface area contributed by atoms with E-state index in [0.29, 0.717) is 51.1 Å². The quantitative estimate of drug-likeness (QED) is 0.502. The van der Waals surface area contributed by atoms with E-state index in [0.717, 1.165) is 30.7 Å². The van der Waals surface area contributed by atoms with E-state index in [1.807, 2.05) is 11.6 Å². The minimum Gasteiger partial charge on any atom is -0.465 e. The topological polar surface area (TPSA) is 117 Å². The molecule has 10 heteroatoms. The number of hydrogen-bond donors (Lipinski definition) is 1. The Morgan fingerprint density at radius 1 is 1.35 bits per heavy atom. The third kappa shape index (κ3) is 4.79. The summed E-state index contributed by atoms with van der Waals surface area (Å²) in [6.07, 6.45) is 4.15. The molecule has 2 fully saturated rings. The molecular formula is C21H31N3O6S. The van der Waals surface area contributed by atoms with E-state index in [2.05, 4.69) is 5.32 Å². The van der Waals surface area contributed by atoms with Gasteiger partial charge in [0, 0.05) is 32.7 Å². The van der Waals surface area contributed by atoms with E-state index in [9.17, 15) is 18.0 Å². The maximum Gasteiger partial charge on any atom is 0.309 e. The molecule has 3 aliphatic heterocycles. The lowest BCUT2D eigenvalue weighted by atomic mass is 9.76. The highest BCUT2D eigenvalue weighted by atomic mass is 32.2. The van der Waals surface area contributed by atoms with E-state index in [1.165, 1.54) is 0 Å². The zero-order valence-electron chi connectivity index (χ0n) is 18.0. The number of aromatic nitrogens is 2. The average Bonchev–Trinajstić information content (AvgIpc) is 3.25. The summed E-state index contributed by atoms with van der Waals surface area (Å²) in [5.41, 5.74) is 2.44. The van der Waals surface area contributed by atoms with Crippen LogP contribution in [0.25, 0.3) is 0 Å². The van der Waals surface area contributed by atoms with Crippen LogP contribution < -0.4 is 5.32 Å². The second kappa shape index (κ2) is 8.90. The Morgan fingerprint density at radius 3 is 2.81 bits per heavy atom. The van der Waals surface area contributed by atoms with Crippen LogP contribution in [0.15, 0.2) is 0 Å². The van der Waals surface area contributed by atoms with E-state index in [-0.39, 0.29) is 29.4 Å². The second-order valence-corrected chi connectivity index (χ2v) is 11.2. The normalized spacial score (nSPS) is 24.4. The Labute approximate surface area is 182 Å². The number of ether oxygens (including phenoxy) is 2. The van der Waals surface area contributed by atoms with Gasteiger partial charge in [-0.1, -0.05) is 6.92 Å². The molecule has 2 saturated heterocycles. The van der Waals surface area contributed by atoms with Gasteiger partial charge in [0.15, 0.2) is 9.84 Å². The molecule has 0 saturated carbocycles. The number of amides is 1. The standard InChI is InChI=1S/C21H31N3O6S/c1-2-16-18-17(12-21(14-22-19(18)25)5-9-29-10-6-21)24(23-16)7-3-8-30-20(26)15-4-11-31(27,28)13-15/h15H,2-14H2,1H3,(H,22,25). The van der Waals surface area contributed by atoms with Crippen molar-refractivity contribution in [2.24, 2.45) is 11.3 Å². The number of hydrogen-bond acceptors (Lipinski definition) is 7. The summed E-state index contributed by atoms with van der Waals surface area (Å²) in [5, 5.41) is 7.80. The summed E-state index contributed by atoms with van der Waals surface area (Å²) in [7, 11) is -3.11. The second-order valence-electron chi connectivity index (χ2n) is 8.94. The molecule has 172 valence electrons. The first-order valence-corrected chi connectivity index (χ1v) is 13.0. The van der Waals surface area contributed by atoms with Crippen molar-refractivity contribution < 1.29 is 27.5 Å². The molecule has 0 bridgehead atoms. The predicted molar refractivity (Wildman–Crippen MR) is 112 cm³/mol. The van der Waals surface area contributed by atoms with E-state index in [4.69, 9.17) is 14.6 Å². The molecule has 0 aromatic carbocycles. The Hall–Kier alpha value is -1.94. The fourth-order valence-corrected chi connectivity index (χ4v) is 6.57. The summed E-state index contributed by atoms with van der Waals surface area (Å²) in [4.78, 5) is 25.0. The maximum absolute atomic E-state index is 12.8. The zero-order valence-corrected chi connectivity index (χ0v) is 18.8. The van der Waals surface area contributed by atoms with Crippen LogP contribution in [0.3, 0.4) is 0 Å².